The summed E-state index contributed by atoms with van der Waals surface area (Å²) >= 11 is 11.9. The highest BCUT2D eigenvalue weighted by Crippen LogP contribution is 2.40. The molecule has 0 aliphatic heterocycles. The second-order valence-electron chi connectivity index (χ2n) is 6.38. The quantitative estimate of drug-likeness (QED) is 0.425. The highest BCUT2D eigenvalue weighted by molar-refractivity contribution is 6.35. The minimum Gasteiger partial charge on any atom is -0.488 e. The van der Waals surface area contributed by atoms with E-state index in [9.17, 15) is 4.79 Å². The zero-order chi connectivity index (χ0) is 19.0. The number of pyridine rings is 1. The molecule has 0 atom stereocenters. The summed E-state index contributed by atoms with van der Waals surface area (Å²) in [6.07, 6.45) is 2.13. The summed E-state index contributed by atoms with van der Waals surface area (Å²) in [5.74, 6) is 0.400. The topological polar surface area (TPSA) is 74.5 Å². The van der Waals surface area contributed by atoms with E-state index in [4.69, 9.17) is 37.2 Å². The van der Waals surface area contributed by atoms with Crippen LogP contribution in [0.3, 0.4) is 0 Å². The van der Waals surface area contributed by atoms with Crippen LogP contribution in [0, 0.1) is 6.92 Å². The zero-order valence-electron chi connectivity index (χ0n) is 14.5. The van der Waals surface area contributed by atoms with Gasteiger partial charge in [0.1, 0.15) is 19.0 Å². The van der Waals surface area contributed by atoms with Crippen molar-refractivity contribution in [1.82, 2.24) is 10.1 Å². The molecule has 4 rings (SSSR count). The highest BCUT2D eigenvalue weighted by Gasteiger charge is 2.29. The number of nitrogens with zero attached hydrogens (tertiary/aromatic N) is 2. The fourth-order valence-electron chi connectivity index (χ4n) is 2.82. The summed E-state index contributed by atoms with van der Waals surface area (Å²) in [6.45, 7) is 2.01. The molecule has 1 saturated carbocycles. The van der Waals surface area contributed by atoms with Crippen molar-refractivity contribution >= 4 is 40.3 Å². The molecule has 0 amide bonds. The maximum atomic E-state index is 12.6. The monoisotopic (exact) mass is 406 g/mol. The maximum absolute atomic E-state index is 12.6. The molecule has 1 aliphatic rings. The second-order valence-corrected chi connectivity index (χ2v) is 7.22. The van der Waals surface area contributed by atoms with E-state index < -0.39 is 5.97 Å². The molecular formula is C19H16Cl2N2O4. The first-order valence-electron chi connectivity index (χ1n) is 8.55. The summed E-state index contributed by atoms with van der Waals surface area (Å²) in [4.78, 5) is 17.1. The Balaban J connectivity index is 1.44. The Kier molecular flexibility index (Phi) is 4.93. The third-order valence-corrected chi connectivity index (χ3v) is 4.85. The molecule has 1 aromatic carbocycles. The average Bonchev–Trinajstić information content (AvgIpc) is 3.43. The van der Waals surface area contributed by atoms with Crippen molar-refractivity contribution in [3.63, 3.8) is 0 Å². The number of fused-ring (bicyclic) bond motifs is 1. The number of aryl methyl sites for hydroxylation is 1. The van der Waals surface area contributed by atoms with Crippen molar-refractivity contribution < 1.29 is 18.8 Å². The number of esters is 1. The number of halogens is 2. The van der Waals surface area contributed by atoms with Crippen molar-refractivity contribution in [2.24, 2.45) is 0 Å². The van der Waals surface area contributed by atoms with Gasteiger partial charge in [0.05, 0.1) is 21.7 Å². The van der Waals surface area contributed by atoms with Gasteiger partial charge in [0.25, 0.3) is 5.71 Å². The lowest BCUT2D eigenvalue weighted by Gasteiger charge is -2.10. The molecule has 3 aromatic rings. The Morgan fingerprint density at radius 2 is 2.07 bits per heavy atom. The third-order valence-electron chi connectivity index (χ3n) is 4.32. The molecule has 2 aromatic heterocycles. The molecule has 0 spiro atoms. The number of aromatic nitrogens is 2. The second kappa shape index (κ2) is 7.37. The minimum atomic E-state index is -0.457. The van der Waals surface area contributed by atoms with Crippen LogP contribution >= 0.6 is 23.2 Å². The highest BCUT2D eigenvalue weighted by atomic mass is 35.5. The van der Waals surface area contributed by atoms with Crippen molar-refractivity contribution in [2.45, 2.75) is 25.7 Å². The van der Waals surface area contributed by atoms with Gasteiger partial charge in [0.2, 0.25) is 0 Å². The predicted molar refractivity (Wildman–Crippen MR) is 101 cm³/mol. The SMILES string of the molecule is Cc1noc2nc(C3CC3)cc(C(=O)OCCOc3ccc(Cl)cc3Cl)c12. The molecule has 0 bridgehead atoms. The number of hydrogen-bond donors (Lipinski definition) is 0. The van der Waals surface area contributed by atoms with Crippen LogP contribution in [-0.4, -0.2) is 29.3 Å². The Hall–Kier alpha value is -2.31. The largest absolute Gasteiger partial charge is 0.488 e. The van der Waals surface area contributed by atoms with Gasteiger partial charge in [0.15, 0.2) is 0 Å². The summed E-state index contributed by atoms with van der Waals surface area (Å²) in [6, 6.07) is 6.72. The first-order chi connectivity index (χ1) is 13.0. The van der Waals surface area contributed by atoms with E-state index in [1.54, 1.807) is 31.2 Å². The Bertz CT molecular complexity index is 1010. The third kappa shape index (κ3) is 3.87. The first-order valence-corrected chi connectivity index (χ1v) is 9.30. The molecule has 0 saturated heterocycles. The number of carbonyl (C=O) groups excluding carboxylic acids is 1. The molecule has 0 N–H and O–H groups in total. The number of carbonyl (C=O) groups is 1. The van der Waals surface area contributed by atoms with Crippen molar-refractivity contribution in [3.05, 3.63) is 51.3 Å². The van der Waals surface area contributed by atoms with Gasteiger partial charge in [-0.05, 0) is 44.0 Å². The lowest BCUT2D eigenvalue weighted by atomic mass is 10.1. The molecule has 27 heavy (non-hydrogen) atoms. The van der Waals surface area contributed by atoms with Gasteiger partial charge in [-0.25, -0.2) is 9.78 Å². The van der Waals surface area contributed by atoms with Gasteiger partial charge >= 0.3 is 5.97 Å². The Morgan fingerprint density at radius 1 is 1.26 bits per heavy atom. The van der Waals surface area contributed by atoms with Crippen LogP contribution in [0.25, 0.3) is 11.1 Å². The first kappa shape index (κ1) is 18.1. The molecule has 140 valence electrons. The molecule has 1 aliphatic carbocycles. The van der Waals surface area contributed by atoms with E-state index in [1.165, 1.54) is 0 Å². The van der Waals surface area contributed by atoms with Crippen LogP contribution in [-0.2, 0) is 4.74 Å². The van der Waals surface area contributed by atoms with Gasteiger partial charge < -0.3 is 14.0 Å². The maximum Gasteiger partial charge on any atom is 0.339 e. The van der Waals surface area contributed by atoms with E-state index in [-0.39, 0.29) is 13.2 Å². The molecule has 0 unspecified atom stereocenters. The number of rotatable bonds is 6. The zero-order valence-corrected chi connectivity index (χ0v) is 16.0. The minimum absolute atomic E-state index is 0.0741. The number of hydrogen-bond acceptors (Lipinski definition) is 6. The van der Waals surface area contributed by atoms with Crippen molar-refractivity contribution in [1.29, 1.82) is 0 Å². The van der Waals surface area contributed by atoms with Crippen LogP contribution in [0.2, 0.25) is 10.0 Å². The lowest BCUT2D eigenvalue weighted by molar-refractivity contribution is 0.0452. The molecular weight excluding hydrogens is 391 g/mol. The van der Waals surface area contributed by atoms with Crippen LogP contribution in [0.4, 0.5) is 0 Å². The molecule has 1 fully saturated rings. The van der Waals surface area contributed by atoms with Gasteiger partial charge in [-0.3, -0.25) is 0 Å². The summed E-state index contributed by atoms with van der Waals surface area (Å²) in [7, 11) is 0. The smallest absolute Gasteiger partial charge is 0.339 e. The average molecular weight is 407 g/mol. The number of ether oxygens (including phenoxy) is 2. The van der Waals surface area contributed by atoms with Crippen LogP contribution in [0.5, 0.6) is 5.75 Å². The van der Waals surface area contributed by atoms with Crippen LogP contribution < -0.4 is 4.74 Å². The van der Waals surface area contributed by atoms with E-state index in [0.29, 0.717) is 44.1 Å². The van der Waals surface area contributed by atoms with Crippen molar-refractivity contribution in [3.8, 4) is 5.75 Å². The van der Waals surface area contributed by atoms with Gasteiger partial charge in [-0.2, -0.15) is 0 Å². The van der Waals surface area contributed by atoms with Crippen LogP contribution in [0.15, 0.2) is 28.8 Å². The van der Waals surface area contributed by atoms with Gasteiger partial charge in [0, 0.05) is 16.6 Å². The predicted octanol–water partition coefficient (Wildman–Crippen LogP) is 4.95. The summed E-state index contributed by atoms with van der Waals surface area (Å²) < 4.78 is 16.2. The normalized spacial score (nSPS) is 13.7. The Morgan fingerprint density at radius 3 is 2.81 bits per heavy atom. The fourth-order valence-corrected chi connectivity index (χ4v) is 3.28. The van der Waals surface area contributed by atoms with Gasteiger partial charge in [-0.15, -0.1) is 0 Å². The lowest BCUT2D eigenvalue weighted by Crippen LogP contribution is -2.13. The van der Waals surface area contributed by atoms with E-state index >= 15 is 0 Å². The van der Waals surface area contributed by atoms with E-state index in [1.807, 2.05) is 0 Å². The fraction of sp³-hybridized carbons (Fsp3) is 0.316. The summed E-state index contributed by atoms with van der Waals surface area (Å²) in [5, 5.41) is 5.43. The molecule has 0 radical (unpaired) electrons. The Labute approximate surface area is 165 Å². The standard InChI is InChI=1S/C19H16Cl2N2O4/c1-10-17-13(9-15(11-2-3-11)22-18(17)27-23-10)19(24)26-7-6-25-16-5-4-12(20)8-14(16)21/h4-5,8-9,11H,2-3,6-7H2,1H3. The van der Waals surface area contributed by atoms with E-state index in [0.717, 1.165) is 18.5 Å². The molecule has 2 heterocycles. The number of benzene rings is 1. The van der Waals surface area contributed by atoms with Crippen molar-refractivity contribution in [2.75, 3.05) is 13.2 Å². The van der Waals surface area contributed by atoms with E-state index in [2.05, 4.69) is 10.1 Å². The summed E-state index contributed by atoms with van der Waals surface area (Å²) in [5.41, 5.74) is 2.24. The molecule has 8 heteroatoms. The van der Waals surface area contributed by atoms with Crippen LogP contribution in [0.1, 0.15) is 40.5 Å². The van der Waals surface area contributed by atoms with Gasteiger partial charge in [-0.1, -0.05) is 28.4 Å². The molecule has 6 nitrogen and oxygen atoms in total.